The average Bonchev–Trinajstić information content (AvgIpc) is 3.38. The van der Waals surface area contributed by atoms with Crippen molar-refractivity contribution in [3.63, 3.8) is 0 Å². The Morgan fingerprint density at radius 2 is 1.95 bits per heavy atom. The van der Waals surface area contributed by atoms with E-state index < -0.39 is 5.82 Å². The van der Waals surface area contributed by atoms with Gasteiger partial charge in [0, 0.05) is 23.9 Å². The van der Waals surface area contributed by atoms with Crippen molar-refractivity contribution in [1.29, 1.82) is 5.26 Å². The van der Waals surface area contributed by atoms with Gasteiger partial charge in [0.25, 0.3) is 5.91 Å². The zero-order valence-corrected chi connectivity index (χ0v) is 22.7. The van der Waals surface area contributed by atoms with Crippen LogP contribution in [0.1, 0.15) is 28.9 Å². The molecule has 1 aliphatic carbocycles. The molecule has 0 fully saturated rings. The van der Waals surface area contributed by atoms with Crippen molar-refractivity contribution in [2.45, 2.75) is 13.0 Å². The number of nitrogens with two attached hydrogens (primary N) is 1. The van der Waals surface area contributed by atoms with Gasteiger partial charge in [0.15, 0.2) is 5.65 Å². The van der Waals surface area contributed by atoms with Gasteiger partial charge in [-0.1, -0.05) is 43.4 Å². The molecule has 0 radical (unpaired) electrons. The number of aromatic nitrogens is 4. The minimum absolute atomic E-state index is 0.00232. The number of imidazole rings is 1. The highest BCUT2D eigenvalue weighted by Crippen LogP contribution is 2.37. The molecule has 6 rings (SSSR count). The molecule has 8 nitrogen and oxygen atoms in total. The van der Waals surface area contributed by atoms with Crippen molar-refractivity contribution in [2.24, 2.45) is 5.92 Å². The van der Waals surface area contributed by atoms with Crippen molar-refractivity contribution in [3.05, 3.63) is 120 Å². The Kier molecular flexibility index (Phi) is 7.03. The number of amides is 1. The number of anilines is 1. The summed E-state index contributed by atoms with van der Waals surface area (Å²) in [5.41, 5.74) is 11.7. The number of allylic oxidation sites excluding steroid dienone is 2. The van der Waals surface area contributed by atoms with E-state index in [0.717, 1.165) is 16.8 Å². The fourth-order valence-corrected chi connectivity index (χ4v) is 5.20. The Hall–Kier alpha value is -5.62. The van der Waals surface area contributed by atoms with Crippen molar-refractivity contribution in [1.82, 2.24) is 24.8 Å². The third-order valence-corrected chi connectivity index (χ3v) is 7.27. The highest BCUT2D eigenvalue weighted by Gasteiger charge is 2.27. The number of pyridine rings is 2. The molecule has 42 heavy (non-hydrogen) atoms. The van der Waals surface area contributed by atoms with Gasteiger partial charge in [-0.3, -0.25) is 4.79 Å². The van der Waals surface area contributed by atoms with E-state index in [1.165, 1.54) is 18.2 Å². The third-order valence-electron chi connectivity index (χ3n) is 7.27. The minimum atomic E-state index is -0.456. The number of fused-ring (bicyclic) bond motifs is 1. The summed E-state index contributed by atoms with van der Waals surface area (Å²) in [7, 11) is 0. The lowest BCUT2D eigenvalue weighted by molar-refractivity contribution is 0.0956. The van der Waals surface area contributed by atoms with E-state index in [4.69, 9.17) is 15.7 Å². The lowest BCUT2D eigenvalue weighted by Crippen LogP contribution is -2.27. The Morgan fingerprint density at radius 1 is 1.10 bits per heavy atom. The largest absolute Gasteiger partial charge is 0.383 e. The van der Waals surface area contributed by atoms with Gasteiger partial charge in [0.2, 0.25) is 0 Å². The van der Waals surface area contributed by atoms with Crippen LogP contribution in [0.4, 0.5) is 10.2 Å². The number of nitrogens with one attached hydrogen (secondary N) is 1. The number of benzene rings is 2. The zero-order chi connectivity index (χ0) is 29.2. The molecule has 5 aromatic rings. The van der Waals surface area contributed by atoms with E-state index >= 15 is 0 Å². The topological polar surface area (TPSA) is 123 Å². The maximum Gasteiger partial charge on any atom is 0.251 e. The Bertz CT molecular complexity index is 1930. The highest BCUT2D eigenvalue weighted by molar-refractivity contribution is 5.94. The number of carbonyl (C=O) groups is 1. The fourth-order valence-electron chi connectivity index (χ4n) is 5.20. The first-order valence-electron chi connectivity index (χ1n) is 13.4. The van der Waals surface area contributed by atoms with Gasteiger partial charge in [0.05, 0.1) is 28.9 Å². The number of halogens is 1. The van der Waals surface area contributed by atoms with Crippen molar-refractivity contribution in [2.75, 3.05) is 12.3 Å². The second-order valence-electron chi connectivity index (χ2n) is 10.1. The standard InChI is InChI=1S/C33H26FN7O/c1-20-15-22(19-38-33(42)24-7-3-8-25(34)17-24)10-13-29(20)41-31(26-9-4-14-37-30(26)36)40-28-12-11-27(39-32(28)41)23-6-2-5-21(16-23)18-35/h2-17,20,29H,19H2,1H3,(H2,36,37)(H,38,42). The van der Waals surface area contributed by atoms with E-state index in [-0.39, 0.29) is 23.4 Å². The first-order valence-corrected chi connectivity index (χ1v) is 13.4. The second kappa shape index (κ2) is 11.1. The van der Waals surface area contributed by atoms with E-state index in [1.54, 1.807) is 18.3 Å². The Labute approximate surface area is 241 Å². The summed E-state index contributed by atoms with van der Waals surface area (Å²) in [5.74, 6) is 0.203. The summed E-state index contributed by atoms with van der Waals surface area (Å²) in [4.78, 5) is 26.8. The van der Waals surface area contributed by atoms with Crippen LogP contribution in [0.5, 0.6) is 0 Å². The second-order valence-corrected chi connectivity index (χ2v) is 10.1. The Balaban J connectivity index is 1.36. The minimum Gasteiger partial charge on any atom is -0.383 e. The molecular weight excluding hydrogens is 529 g/mol. The number of rotatable bonds is 6. The molecule has 3 heterocycles. The van der Waals surface area contributed by atoms with Gasteiger partial charge < -0.3 is 15.6 Å². The van der Waals surface area contributed by atoms with Crippen LogP contribution in [0.25, 0.3) is 33.8 Å². The van der Waals surface area contributed by atoms with E-state index in [9.17, 15) is 14.4 Å². The molecule has 0 saturated heterocycles. The van der Waals surface area contributed by atoms with Crippen LogP contribution in [0.15, 0.2) is 103 Å². The summed E-state index contributed by atoms with van der Waals surface area (Å²) < 4.78 is 15.6. The van der Waals surface area contributed by atoms with Gasteiger partial charge in [-0.15, -0.1) is 0 Å². The van der Waals surface area contributed by atoms with Gasteiger partial charge in [-0.2, -0.15) is 5.26 Å². The van der Waals surface area contributed by atoms with Crippen LogP contribution in [0, 0.1) is 23.1 Å². The van der Waals surface area contributed by atoms with Crippen LogP contribution in [0.3, 0.4) is 0 Å². The SMILES string of the molecule is CC1C=C(CNC(=O)c2cccc(F)c2)C=CC1n1c(-c2cccnc2N)nc2ccc(-c3cccc(C#N)c3)nc21. The number of nitrogen functional groups attached to an aromatic ring is 1. The summed E-state index contributed by atoms with van der Waals surface area (Å²) in [5, 5.41) is 12.3. The summed E-state index contributed by atoms with van der Waals surface area (Å²) in [6.45, 7) is 2.39. The van der Waals surface area contributed by atoms with Crippen molar-refractivity contribution < 1.29 is 9.18 Å². The van der Waals surface area contributed by atoms with Gasteiger partial charge >= 0.3 is 0 Å². The van der Waals surface area contributed by atoms with Crippen LogP contribution < -0.4 is 11.1 Å². The number of carbonyl (C=O) groups excluding carboxylic acids is 1. The van der Waals surface area contributed by atoms with Crippen LogP contribution in [-0.2, 0) is 0 Å². The quantitative estimate of drug-likeness (QED) is 0.271. The number of hydrogen-bond acceptors (Lipinski definition) is 6. The monoisotopic (exact) mass is 555 g/mol. The number of nitriles is 1. The molecule has 2 unspecified atom stereocenters. The molecular formula is C33H26FN7O. The molecule has 206 valence electrons. The average molecular weight is 556 g/mol. The molecule has 1 amide bonds. The van der Waals surface area contributed by atoms with Gasteiger partial charge in [-0.05, 0) is 66.1 Å². The van der Waals surface area contributed by atoms with E-state index in [0.29, 0.717) is 40.5 Å². The van der Waals surface area contributed by atoms with Crippen LogP contribution in [0.2, 0.25) is 0 Å². The zero-order valence-electron chi connectivity index (χ0n) is 22.7. The maximum atomic E-state index is 13.6. The number of hydrogen-bond donors (Lipinski definition) is 2. The lowest BCUT2D eigenvalue weighted by Gasteiger charge is -2.26. The highest BCUT2D eigenvalue weighted by atomic mass is 19.1. The molecule has 3 aromatic heterocycles. The fraction of sp³-hybridized carbons (Fsp3) is 0.121. The summed E-state index contributed by atoms with van der Waals surface area (Å²) >= 11 is 0. The molecule has 0 aliphatic heterocycles. The smallest absolute Gasteiger partial charge is 0.251 e. The molecule has 0 spiro atoms. The summed E-state index contributed by atoms with van der Waals surface area (Å²) in [6.07, 6.45) is 7.77. The van der Waals surface area contributed by atoms with Gasteiger partial charge in [0.1, 0.15) is 23.0 Å². The first-order chi connectivity index (χ1) is 20.4. The van der Waals surface area contributed by atoms with E-state index in [1.807, 2.05) is 48.5 Å². The molecule has 2 aromatic carbocycles. The first kappa shape index (κ1) is 26.6. The molecule has 3 N–H and O–H groups in total. The lowest BCUT2D eigenvalue weighted by atomic mass is 9.92. The Morgan fingerprint density at radius 3 is 2.74 bits per heavy atom. The molecule has 1 aliphatic rings. The predicted molar refractivity (Wildman–Crippen MR) is 159 cm³/mol. The van der Waals surface area contributed by atoms with Crippen LogP contribution in [-0.4, -0.2) is 32.0 Å². The predicted octanol–water partition coefficient (Wildman–Crippen LogP) is 5.86. The van der Waals surface area contributed by atoms with Gasteiger partial charge in [-0.25, -0.2) is 19.3 Å². The molecule has 0 saturated carbocycles. The number of nitrogens with zero attached hydrogens (tertiary/aromatic N) is 5. The van der Waals surface area contributed by atoms with Crippen molar-refractivity contribution >= 4 is 22.9 Å². The third kappa shape index (κ3) is 5.13. The summed E-state index contributed by atoms with van der Waals surface area (Å²) in [6, 6.07) is 22.5. The van der Waals surface area contributed by atoms with Crippen LogP contribution >= 0.6 is 0 Å². The van der Waals surface area contributed by atoms with E-state index in [2.05, 4.69) is 40.0 Å². The van der Waals surface area contributed by atoms with Crippen molar-refractivity contribution in [3.8, 4) is 28.7 Å². The maximum absolute atomic E-state index is 13.6. The molecule has 0 bridgehead atoms. The molecule has 9 heteroatoms. The normalized spacial score (nSPS) is 16.2. The molecule has 2 atom stereocenters.